The van der Waals surface area contributed by atoms with E-state index < -0.39 is 23.1 Å². The Morgan fingerprint density at radius 1 is 1.36 bits per heavy atom. The zero-order valence-corrected chi connectivity index (χ0v) is 12.0. The minimum Gasteiger partial charge on any atom is -0.394 e. The van der Waals surface area contributed by atoms with Crippen LogP contribution in [0.3, 0.4) is 0 Å². The lowest BCUT2D eigenvalue weighted by molar-refractivity contribution is 0.533. The molecule has 0 amide bonds. The highest BCUT2D eigenvalue weighted by atomic mass is 19.1. The first-order valence-electron chi connectivity index (χ1n) is 6.29. The van der Waals surface area contributed by atoms with Crippen molar-refractivity contribution >= 4 is 17.5 Å². The van der Waals surface area contributed by atoms with Gasteiger partial charge in [0.2, 0.25) is 0 Å². The van der Waals surface area contributed by atoms with Crippen LogP contribution in [-0.4, -0.2) is 22.8 Å². The van der Waals surface area contributed by atoms with E-state index in [1.165, 1.54) is 10.9 Å². The van der Waals surface area contributed by atoms with Crippen molar-refractivity contribution in [3.05, 3.63) is 40.8 Å². The molecule has 2 aromatic rings. The third-order valence-corrected chi connectivity index (χ3v) is 3.13. The fraction of sp³-hybridized carbons (Fsp3) is 0.231. The predicted molar refractivity (Wildman–Crippen MR) is 77.1 cm³/mol. The van der Waals surface area contributed by atoms with Crippen LogP contribution in [-0.2, 0) is 13.5 Å². The molecule has 2 rings (SSSR count). The maximum Gasteiger partial charge on any atom is 0.195 e. The monoisotopic (exact) mass is 312 g/mol. The van der Waals surface area contributed by atoms with Crippen molar-refractivity contribution < 1.29 is 13.2 Å². The van der Waals surface area contributed by atoms with Gasteiger partial charge in [-0.15, -0.1) is 0 Å². The van der Waals surface area contributed by atoms with Crippen LogP contribution in [0.25, 0.3) is 0 Å². The van der Waals surface area contributed by atoms with Crippen LogP contribution in [0, 0.1) is 17.5 Å². The Labute approximate surface area is 124 Å². The second-order valence-electron chi connectivity index (χ2n) is 4.59. The fourth-order valence-corrected chi connectivity index (χ4v) is 1.92. The molecule has 0 atom stereocenters. The highest BCUT2D eigenvalue weighted by Crippen LogP contribution is 2.27. The molecule has 22 heavy (non-hydrogen) atoms. The first kappa shape index (κ1) is 15.7. The van der Waals surface area contributed by atoms with Crippen molar-refractivity contribution in [1.29, 1.82) is 0 Å². The number of aryl methyl sites for hydroxylation is 1. The number of rotatable bonds is 3. The van der Waals surface area contributed by atoms with E-state index in [1.54, 1.807) is 14.1 Å². The lowest BCUT2D eigenvalue weighted by atomic mass is 10.0. The molecule has 0 radical (unpaired) electrons. The Morgan fingerprint density at radius 2 is 2.05 bits per heavy atom. The molecule has 1 aromatic heterocycles. The van der Waals surface area contributed by atoms with Crippen molar-refractivity contribution in [2.75, 3.05) is 12.8 Å². The third kappa shape index (κ3) is 2.83. The number of guanidine groups is 1. The summed E-state index contributed by atoms with van der Waals surface area (Å²) in [5.74, 6) is -2.84. The number of benzene rings is 1. The zero-order chi connectivity index (χ0) is 16.4. The van der Waals surface area contributed by atoms with Crippen LogP contribution in [0.4, 0.5) is 24.7 Å². The summed E-state index contributed by atoms with van der Waals surface area (Å²) < 4.78 is 42.4. The van der Waals surface area contributed by atoms with Gasteiger partial charge in [-0.25, -0.2) is 13.2 Å². The summed E-state index contributed by atoms with van der Waals surface area (Å²) in [6.45, 7) is 0. The van der Waals surface area contributed by atoms with Crippen molar-refractivity contribution in [2.45, 2.75) is 6.42 Å². The largest absolute Gasteiger partial charge is 0.394 e. The van der Waals surface area contributed by atoms with Gasteiger partial charge in [0.1, 0.15) is 11.5 Å². The Balaban J connectivity index is 2.47. The molecule has 0 spiro atoms. The van der Waals surface area contributed by atoms with Crippen molar-refractivity contribution in [3.8, 4) is 0 Å². The van der Waals surface area contributed by atoms with Crippen LogP contribution in [0.5, 0.6) is 0 Å². The summed E-state index contributed by atoms with van der Waals surface area (Å²) in [5, 5.41) is 6.61. The van der Waals surface area contributed by atoms with Crippen LogP contribution >= 0.6 is 0 Å². The number of nitrogens with one attached hydrogen (secondary N) is 1. The molecule has 6 nitrogen and oxygen atoms in total. The van der Waals surface area contributed by atoms with E-state index >= 15 is 0 Å². The number of anilines is 1. The molecule has 0 aliphatic heterocycles. The minimum absolute atomic E-state index is 0.115. The van der Waals surface area contributed by atoms with E-state index in [4.69, 9.17) is 11.5 Å². The van der Waals surface area contributed by atoms with Crippen molar-refractivity contribution in [1.82, 2.24) is 15.1 Å². The molecule has 1 heterocycles. The Kier molecular flexibility index (Phi) is 4.25. The predicted octanol–water partition coefficient (Wildman–Crippen LogP) is 1.18. The van der Waals surface area contributed by atoms with E-state index in [2.05, 4.69) is 15.4 Å². The molecule has 0 bridgehead atoms. The van der Waals surface area contributed by atoms with Gasteiger partial charge in [0.05, 0.1) is 6.20 Å². The first-order valence-corrected chi connectivity index (χ1v) is 6.29. The van der Waals surface area contributed by atoms with E-state index in [1.807, 2.05) is 0 Å². The van der Waals surface area contributed by atoms with Crippen molar-refractivity contribution in [2.24, 2.45) is 17.8 Å². The fourth-order valence-electron chi connectivity index (χ4n) is 1.92. The second-order valence-corrected chi connectivity index (χ2v) is 4.59. The van der Waals surface area contributed by atoms with E-state index in [9.17, 15) is 13.2 Å². The molecule has 5 N–H and O–H groups in total. The summed E-state index contributed by atoms with van der Waals surface area (Å²) in [5.41, 5.74) is 10.2. The molecule has 0 aliphatic carbocycles. The molecule has 0 fully saturated rings. The van der Waals surface area contributed by atoms with Gasteiger partial charge in [0.15, 0.2) is 23.4 Å². The minimum atomic E-state index is -1.14. The Morgan fingerprint density at radius 3 is 2.68 bits per heavy atom. The van der Waals surface area contributed by atoms with E-state index in [0.717, 1.165) is 0 Å². The van der Waals surface area contributed by atoms with Gasteiger partial charge in [-0.2, -0.15) is 10.1 Å². The normalized spacial score (nSPS) is 11.8. The van der Waals surface area contributed by atoms with E-state index in [-0.39, 0.29) is 17.9 Å². The SMILES string of the molecule is CN/C(N)=N\c1c(Cc2c(F)cc(F)c(N)c2F)cnn1C. The summed E-state index contributed by atoms with van der Waals surface area (Å²) in [6.07, 6.45) is 1.21. The molecule has 1 aromatic carbocycles. The topological polar surface area (TPSA) is 94.2 Å². The molecule has 0 unspecified atom stereocenters. The number of aromatic nitrogens is 2. The number of aliphatic imine (C=N–C) groups is 1. The number of nitrogen functional groups attached to an aromatic ring is 1. The highest BCUT2D eigenvalue weighted by Gasteiger charge is 2.19. The average Bonchev–Trinajstić information content (AvgIpc) is 2.82. The number of hydrogen-bond acceptors (Lipinski definition) is 3. The number of nitrogens with zero attached hydrogens (tertiary/aromatic N) is 3. The quantitative estimate of drug-likeness (QED) is 0.450. The number of halogens is 3. The summed E-state index contributed by atoms with van der Waals surface area (Å²) in [7, 11) is 3.19. The van der Waals surface area contributed by atoms with Crippen LogP contribution in [0.1, 0.15) is 11.1 Å². The van der Waals surface area contributed by atoms with Crippen LogP contribution in [0.2, 0.25) is 0 Å². The number of nitrogens with two attached hydrogens (primary N) is 2. The summed E-state index contributed by atoms with van der Waals surface area (Å²) >= 11 is 0. The maximum absolute atomic E-state index is 14.0. The lowest BCUT2D eigenvalue weighted by Gasteiger charge is -2.08. The first-order chi connectivity index (χ1) is 10.3. The van der Waals surface area contributed by atoms with Gasteiger partial charge in [-0.3, -0.25) is 4.68 Å². The van der Waals surface area contributed by atoms with Gasteiger partial charge < -0.3 is 16.8 Å². The van der Waals surface area contributed by atoms with Crippen molar-refractivity contribution in [3.63, 3.8) is 0 Å². The van der Waals surface area contributed by atoms with Crippen LogP contribution in [0.15, 0.2) is 17.3 Å². The molecule has 0 saturated carbocycles. The summed E-state index contributed by atoms with van der Waals surface area (Å²) in [6, 6.07) is 0.551. The molecule has 9 heteroatoms. The zero-order valence-electron chi connectivity index (χ0n) is 12.0. The smallest absolute Gasteiger partial charge is 0.195 e. The van der Waals surface area contributed by atoms with Gasteiger partial charge in [0.25, 0.3) is 0 Å². The molecule has 0 aliphatic rings. The van der Waals surface area contributed by atoms with Gasteiger partial charge in [-0.05, 0) is 0 Å². The van der Waals surface area contributed by atoms with Gasteiger partial charge in [0, 0.05) is 37.7 Å². The molecule has 118 valence electrons. The maximum atomic E-state index is 14.0. The standard InChI is InChI=1S/C13H15F3N6/c1-19-13(18)21-12-6(5-20-22(12)2)3-7-8(14)4-9(15)11(17)10(7)16/h4-5H,3,17H2,1-2H3,(H3,18,19,21). The van der Waals surface area contributed by atoms with Gasteiger partial charge in [-0.1, -0.05) is 0 Å². The number of hydrogen-bond donors (Lipinski definition) is 3. The second kappa shape index (κ2) is 5.96. The van der Waals surface area contributed by atoms with Gasteiger partial charge >= 0.3 is 0 Å². The van der Waals surface area contributed by atoms with E-state index in [0.29, 0.717) is 17.4 Å². The molecular formula is C13H15F3N6. The summed E-state index contributed by atoms with van der Waals surface area (Å²) in [4.78, 5) is 4.07. The third-order valence-electron chi connectivity index (χ3n) is 3.13. The highest BCUT2D eigenvalue weighted by molar-refractivity contribution is 5.80. The molecule has 0 saturated heterocycles. The molecular weight excluding hydrogens is 297 g/mol. The lowest BCUT2D eigenvalue weighted by Crippen LogP contribution is -2.27. The Bertz CT molecular complexity index is 738. The Hall–Kier alpha value is -2.71. The van der Waals surface area contributed by atoms with Crippen LogP contribution < -0.4 is 16.8 Å². The average molecular weight is 312 g/mol.